The Labute approximate surface area is 115 Å². The Hall–Kier alpha value is -1.13. The summed E-state index contributed by atoms with van der Waals surface area (Å²) < 4.78 is 0. The van der Waals surface area contributed by atoms with Crippen LogP contribution in [0.1, 0.15) is 38.3 Å². The van der Waals surface area contributed by atoms with Crippen LogP contribution in [-0.4, -0.2) is 40.7 Å². The number of nitrogens with zero attached hydrogens (tertiary/aromatic N) is 2. The number of pyridine rings is 1. The van der Waals surface area contributed by atoms with Crippen molar-refractivity contribution in [3.63, 3.8) is 0 Å². The number of aliphatic hydroxyl groups is 1. The fourth-order valence-electron chi connectivity index (χ4n) is 2.63. The van der Waals surface area contributed by atoms with Crippen molar-refractivity contribution >= 4 is 5.69 Å². The number of nitrogens with one attached hydrogen (secondary N) is 1. The molecule has 1 aliphatic heterocycles. The fraction of sp³-hybridized carbons (Fsp3) is 0.667. The first kappa shape index (κ1) is 14.3. The number of anilines is 1. The zero-order valence-corrected chi connectivity index (χ0v) is 11.8. The molecule has 2 heterocycles. The molecule has 0 amide bonds. The predicted molar refractivity (Wildman–Crippen MR) is 78.2 cm³/mol. The van der Waals surface area contributed by atoms with E-state index in [1.165, 1.54) is 12.8 Å². The highest BCUT2D eigenvalue weighted by atomic mass is 16.3. The maximum Gasteiger partial charge on any atom is 0.0587 e. The second-order valence-corrected chi connectivity index (χ2v) is 5.27. The second kappa shape index (κ2) is 7.46. The van der Waals surface area contributed by atoms with Gasteiger partial charge in [0.15, 0.2) is 0 Å². The molecule has 0 bridgehead atoms. The second-order valence-electron chi connectivity index (χ2n) is 5.27. The average Bonchev–Trinajstić information content (AvgIpc) is 2.46. The Morgan fingerprint density at radius 1 is 1.47 bits per heavy atom. The van der Waals surface area contributed by atoms with Crippen LogP contribution in [0.25, 0.3) is 0 Å². The molecule has 0 aliphatic carbocycles. The molecule has 0 saturated carbocycles. The van der Waals surface area contributed by atoms with Gasteiger partial charge in [-0.25, -0.2) is 0 Å². The van der Waals surface area contributed by atoms with Crippen LogP contribution in [0.3, 0.4) is 0 Å². The summed E-state index contributed by atoms with van der Waals surface area (Å²) in [6.07, 6.45) is 6.55. The van der Waals surface area contributed by atoms with Crippen molar-refractivity contribution in [2.45, 2.75) is 45.2 Å². The van der Waals surface area contributed by atoms with Crippen molar-refractivity contribution in [3.05, 3.63) is 24.0 Å². The first-order valence-corrected chi connectivity index (χ1v) is 7.37. The number of aliphatic hydroxyl groups excluding tert-OH is 1. The summed E-state index contributed by atoms with van der Waals surface area (Å²) in [5.74, 6) is 0. The molecule has 0 aromatic carbocycles. The van der Waals surface area contributed by atoms with Gasteiger partial charge in [-0.1, -0.05) is 13.3 Å². The zero-order chi connectivity index (χ0) is 13.5. The normalized spacial score (nSPS) is 20.4. The van der Waals surface area contributed by atoms with Crippen LogP contribution < -0.4 is 5.32 Å². The lowest BCUT2D eigenvalue weighted by Crippen LogP contribution is -2.41. The van der Waals surface area contributed by atoms with Gasteiger partial charge in [0, 0.05) is 31.0 Å². The summed E-state index contributed by atoms with van der Waals surface area (Å²) in [6.45, 7) is 5.32. The van der Waals surface area contributed by atoms with Crippen molar-refractivity contribution in [1.29, 1.82) is 0 Å². The van der Waals surface area contributed by atoms with E-state index in [0.717, 1.165) is 43.9 Å². The predicted octanol–water partition coefficient (Wildman–Crippen LogP) is 2.25. The first-order valence-electron chi connectivity index (χ1n) is 7.37. The molecule has 4 heteroatoms. The first-order chi connectivity index (χ1) is 9.33. The van der Waals surface area contributed by atoms with Gasteiger partial charge < -0.3 is 10.4 Å². The van der Waals surface area contributed by atoms with Crippen LogP contribution in [0.4, 0.5) is 5.69 Å². The number of likely N-dealkylation sites (tertiary alicyclic amines) is 1. The molecule has 1 atom stereocenters. The number of hydrogen-bond acceptors (Lipinski definition) is 4. The molecule has 2 N–H and O–H groups in total. The van der Waals surface area contributed by atoms with E-state index in [1.54, 1.807) is 0 Å². The summed E-state index contributed by atoms with van der Waals surface area (Å²) in [4.78, 5) is 6.80. The Bertz CT molecular complexity index is 383. The number of hydrogen-bond donors (Lipinski definition) is 2. The minimum atomic E-state index is 0.258. The molecule has 1 fully saturated rings. The van der Waals surface area contributed by atoms with E-state index in [-0.39, 0.29) is 6.61 Å². The van der Waals surface area contributed by atoms with Gasteiger partial charge in [0.2, 0.25) is 0 Å². The van der Waals surface area contributed by atoms with E-state index in [9.17, 15) is 5.11 Å². The van der Waals surface area contributed by atoms with Gasteiger partial charge >= 0.3 is 0 Å². The highest BCUT2D eigenvalue weighted by Crippen LogP contribution is 2.19. The van der Waals surface area contributed by atoms with Gasteiger partial charge in [0.05, 0.1) is 12.3 Å². The monoisotopic (exact) mass is 263 g/mol. The van der Waals surface area contributed by atoms with Crippen molar-refractivity contribution < 1.29 is 5.11 Å². The lowest BCUT2D eigenvalue weighted by Gasteiger charge is -2.34. The lowest BCUT2D eigenvalue weighted by molar-refractivity contribution is 0.0831. The minimum Gasteiger partial charge on any atom is -0.395 e. The van der Waals surface area contributed by atoms with Gasteiger partial charge in [-0.3, -0.25) is 9.88 Å². The molecule has 2 rings (SSSR count). The topological polar surface area (TPSA) is 48.4 Å². The lowest BCUT2D eigenvalue weighted by atomic mass is 10.0. The standard InChI is InChI=1S/C15H25N3O/c1-2-7-16-13-6-8-17-14(10-13)11-18-9-4-3-5-15(18)12-19/h6,8,10,15,19H,2-5,7,9,11-12H2,1H3,(H,16,17). The summed E-state index contributed by atoms with van der Waals surface area (Å²) in [5.41, 5.74) is 2.23. The largest absolute Gasteiger partial charge is 0.395 e. The quantitative estimate of drug-likeness (QED) is 0.826. The highest BCUT2D eigenvalue weighted by molar-refractivity contribution is 5.43. The Balaban J connectivity index is 1.97. The van der Waals surface area contributed by atoms with Crippen LogP contribution in [-0.2, 0) is 6.54 Å². The third-order valence-corrected chi connectivity index (χ3v) is 3.72. The van der Waals surface area contributed by atoms with Crippen LogP contribution in [0, 0.1) is 0 Å². The van der Waals surface area contributed by atoms with Crippen molar-refractivity contribution in [3.8, 4) is 0 Å². The maximum absolute atomic E-state index is 9.44. The summed E-state index contributed by atoms with van der Waals surface area (Å²) in [6, 6.07) is 4.44. The molecule has 1 saturated heterocycles. The van der Waals surface area contributed by atoms with Gasteiger partial charge in [0.1, 0.15) is 0 Å². The Kier molecular flexibility index (Phi) is 5.61. The fourth-order valence-corrected chi connectivity index (χ4v) is 2.63. The molecule has 0 radical (unpaired) electrons. The molecule has 4 nitrogen and oxygen atoms in total. The third-order valence-electron chi connectivity index (χ3n) is 3.72. The maximum atomic E-state index is 9.44. The Morgan fingerprint density at radius 2 is 2.37 bits per heavy atom. The van der Waals surface area contributed by atoms with Gasteiger partial charge in [0.25, 0.3) is 0 Å². The van der Waals surface area contributed by atoms with Crippen molar-refractivity contribution in [2.24, 2.45) is 0 Å². The van der Waals surface area contributed by atoms with Crippen LogP contribution in [0.15, 0.2) is 18.3 Å². The van der Waals surface area contributed by atoms with Crippen LogP contribution in [0.5, 0.6) is 0 Å². The van der Waals surface area contributed by atoms with Crippen LogP contribution in [0.2, 0.25) is 0 Å². The minimum absolute atomic E-state index is 0.258. The van der Waals surface area contributed by atoms with E-state index in [1.807, 2.05) is 12.3 Å². The number of aromatic nitrogens is 1. The van der Waals surface area contributed by atoms with Crippen LogP contribution >= 0.6 is 0 Å². The zero-order valence-electron chi connectivity index (χ0n) is 11.8. The van der Waals surface area contributed by atoms with Crippen molar-refractivity contribution in [1.82, 2.24) is 9.88 Å². The third kappa shape index (κ3) is 4.18. The molecular formula is C15H25N3O. The van der Waals surface area contributed by atoms with Gasteiger partial charge in [-0.2, -0.15) is 0 Å². The molecule has 1 unspecified atom stereocenters. The molecule has 1 aromatic rings. The van der Waals surface area contributed by atoms with E-state index in [0.29, 0.717) is 6.04 Å². The molecule has 0 spiro atoms. The van der Waals surface area contributed by atoms with Gasteiger partial charge in [-0.05, 0) is 37.9 Å². The Morgan fingerprint density at radius 3 is 3.16 bits per heavy atom. The van der Waals surface area contributed by atoms with E-state index >= 15 is 0 Å². The summed E-state index contributed by atoms with van der Waals surface area (Å²) in [7, 11) is 0. The van der Waals surface area contributed by atoms with E-state index in [4.69, 9.17) is 0 Å². The van der Waals surface area contributed by atoms with E-state index < -0.39 is 0 Å². The van der Waals surface area contributed by atoms with E-state index in [2.05, 4.69) is 28.2 Å². The molecular weight excluding hydrogens is 238 g/mol. The molecule has 106 valence electrons. The number of rotatable bonds is 6. The molecule has 1 aromatic heterocycles. The summed E-state index contributed by atoms with van der Waals surface area (Å²) in [5, 5.41) is 12.8. The average molecular weight is 263 g/mol. The number of piperidine rings is 1. The van der Waals surface area contributed by atoms with Crippen molar-refractivity contribution in [2.75, 3.05) is 25.0 Å². The highest BCUT2D eigenvalue weighted by Gasteiger charge is 2.21. The van der Waals surface area contributed by atoms with Gasteiger partial charge in [-0.15, -0.1) is 0 Å². The molecule has 1 aliphatic rings. The smallest absolute Gasteiger partial charge is 0.0587 e. The summed E-state index contributed by atoms with van der Waals surface area (Å²) >= 11 is 0. The molecule has 19 heavy (non-hydrogen) atoms. The SMILES string of the molecule is CCCNc1ccnc(CN2CCCCC2CO)c1.